The summed E-state index contributed by atoms with van der Waals surface area (Å²) in [7, 11) is 3.25. The number of nitrogens with zero attached hydrogens (tertiary/aromatic N) is 2. The Morgan fingerprint density at radius 2 is 1.73 bits per heavy atom. The van der Waals surface area contributed by atoms with Crippen molar-refractivity contribution in [1.29, 1.82) is 0 Å². The van der Waals surface area contributed by atoms with E-state index in [9.17, 15) is 18.3 Å². The molecule has 0 spiro atoms. The summed E-state index contributed by atoms with van der Waals surface area (Å²) in [6.07, 6.45) is -0.945. The molecule has 1 N–H and O–H groups in total. The van der Waals surface area contributed by atoms with Gasteiger partial charge in [-0.15, -0.1) is 0 Å². The molecule has 2 aliphatic rings. The van der Waals surface area contributed by atoms with E-state index in [4.69, 9.17) is 9.47 Å². The van der Waals surface area contributed by atoms with Crippen molar-refractivity contribution in [2.24, 2.45) is 21.7 Å². The molecule has 0 heterocycles. The summed E-state index contributed by atoms with van der Waals surface area (Å²) in [5, 5.41) is 11.1. The lowest BCUT2D eigenvalue weighted by Gasteiger charge is -2.46. The fourth-order valence-electron chi connectivity index (χ4n) is 5.61. The number of halogens is 3. The zero-order chi connectivity index (χ0) is 25.2. The molecule has 8 heteroatoms. The maximum absolute atomic E-state index is 14.3. The molecule has 1 fully saturated rings. The van der Waals surface area contributed by atoms with Gasteiger partial charge in [0.15, 0.2) is 0 Å². The van der Waals surface area contributed by atoms with Crippen molar-refractivity contribution in [3.8, 4) is 0 Å². The Bertz CT molecular complexity index is 717. The first-order chi connectivity index (χ1) is 15.0. The van der Waals surface area contributed by atoms with Crippen LogP contribution in [0.3, 0.4) is 0 Å². The average Bonchev–Trinajstić information content (AvgIpc) is 2.67. The number of aliphatic imine (C=N–C) groups is 1. The van der Waals surface area contributed by atoms with Gasteiger partial charge in [-0.2, -0.15) is 13.2 Å². The minimum Gasteiger partial charge on any atom is -0.501 e. The summed E-state index contributed by atoms with van der Waals surface area (Å²) in [4.78, 5) is 6.46. The maximum atomic E-state index is 14.3. The van der Waals surface area contributed by atoms with Crippen molar-refractivity contribution in [1.82, 2.24) is 4.90 Å². The van der Waals surface area contributed by atoms with Gasteiger partial charge in [0.25, 0.3) is 0 Å². The monoisotopic (exact) mass is 476 g/mol. The van der Waals surface area contributed by atoms with Gasteiger partial charge in [-0.1, -0.05) is 34.6 Å². The van der Waals surface area contributed by atoms with Crippen molar-refractivity contribution >= 4 is 6.34 Å². The summed E-state index contributed by atoms with van der Waals surface area (Å²) in [6.45, 7) is 12.3. The SMILES string of the molecule is CCN(C)C=NC1CC(OC)=C(C(O)(COC2CC(C)(C)CC(C)(C)C2)C(F)(F)F)CC1C. The number of rotatable bonds is 8. The molecule has 33 heavy (non-hydrogen) atoms. The number of alkyl halides is 3. The smallest absolute Gasteiger partial charge is 0.423 e. The fraction of sp³-hybridized carbons (Fsp3) is 0.880. The van der Waals surface area contributed by atoms with Crippen LogP contribution in [0.5, 0.6) is 0 Å². The predicted octanol–water partition coefficient (Wildman–Crippen LogP) is 5.58. The summed E-state index contributed by atoms with van der Waals surface area (Å²) in [5.74, 6) is -0.0241. The predicted molar refractivity (Wildman–Crippen MR) is 125 cm³/mol. The zero-order valence-electron chi connectivity index (χ0n) is 21.6. The second kappa shape index (κ2) is 10.1. The molecule has 0 bridgehead atoms. The van der Waals surface area contributed by atoms with E-state index in [1.807, 2.05) is 25.8 Å². The van der Waals surface area contributed by atoms with E-state index in [0.717, 1.165) is 13.0 Å². The van der Waals surface area contributed by atoms with Crippen molar-refractivity contribution in [2.45, 2.75) is 97.6 Å². The molecular weight excluding hydrogens is 433 g/mol. The van der Waals surface area contributed by atoms with E-state index in [2.05, 4.69) is 32.7 Å². The first-order valence-electron chi connectivity index (χ1n) is 11.9. The van der Waals surface area contributed by atoms with Crippen LogP contribution in [0.25, 0.3) is 0 Å². The van der Waals surface area contributed by atoms with Crippen LogP contribution >= 0.6 is 0 Å². The van der Waals surface area contributed by atoms with Gasteiger partial charge in [-0.3, -0.25) is 4.99 Å². The van der Waals surface area contributed by atoms with Crippen LogP contribution in [0.15, 0.2) is 16.3 Å². The molecule has 1 saturated carbocycles. The second-order valence-corrected chi connectivity index (χ2v) is 11.6. The first-order valence-corrected chi connectivity index (χ1v) is 11.9. The Morgan fingerprint density at radius 3 is 2.21 bits per heavy atom. The summed E-state index contributed by atoms with van der Waals surface area (Å²) in [5.41, 5.74) is -3.28. The molecule has 3 unspecified atom stereocenters. The molecule has 0 aromatic carbocycles. The molecule has 0 radical (unpaired) electrons. The van der Waals surface area contributed by atoms with Crippen LogP contribution in [0.4, 0.5) is 13.2 Å². The number of aliphatic hydroxyl groups is 1. The third kappa shape index (κ3) is 6.87. The van der Waals surface area contributed by atoms with Gasteiger partial charge in [0.2, 0.25) is 5.60 Å². The first kappa shape index (κ1) is 28.0. The molecule has 2 aliphatic carbocycles. The van der Waals surface area contributed by atoms with Gasteiger partial charge >= 0.3 is 6.18 Å². The highest BCUT2D eigenvalue weighted by molar-refractivity contribution is 5.54. The van der Waals surface area contributed by atoms with Crippen LogP contribution in [-0.2, 0) is 9.47 Å². The van der Waals surface area contributed by atoms with Crippen LogP contribution < -0.4 is 0 Å². The second-order valence-electron chi connectivity index (χ2n) is 11.6. The average molecular weight is 477 g/mol. The minimum absolute atomic E-state index is 0.0318. The third-order valence-electron chi connectivity index (χ3n) is 7.13. The number of hydrogen-bond donors (Lipinski definition) is 1. The molecule has 0 amide bonds. The van der Waals surface area contributed by atoms with Crippen molar-refractivity contribution in [2.75, 3.05) is 27.3 Å². The summed E-state index contributed by atoms with van der Waals surface area (Å²) < 4.78 is 54.2. The highest BCUT2D eigenvalue weighted by Crippen LogP contribution is 2.49. The van der Waals surface area contributed by atoms with Crippen LogP contribution in [-0.4, -0.2) is 67.6 Å². The van der Waals surface area contributed by atoms with Crippen LogP contribution in [0.1, 0.15) is 73.6 Å². The van der Waals surface area contributed by atoms with Crippen LogP contribution in [0.2, 0.25) is 0 Å². The fourth-order valence-corrected chi connectivity index (χ4v) is 5.61. The van der Waals surface area contributed by atoms with Crippen molar-refractivity contribution in [3.05, 3.63) is 11.3 Å². The molecule has 2 rings (SSSR count). The normalized spacial score (nSPS) is 28.1. The molecule has 5 nitrogen and oxygen atoms in total. The van der Waals surface area contributed by atoms with Gasteiger partial charge in [0.05, 0.1) is 32.2 Å². The summed E-state index contributed by atoms with van der Waals surface area (Å²) >= 11 is 0. The lowest BCUT2D eigenvalue weighted by atomic mass is 9.64. The van der Waals surface area contributed by atoms with Gasteiger partial charge in [0, 0.05) is 25.6 Å². The van der Waals surface area contributed by atoms with E-state index in [-0.39, 0.29) is 53.1 Å². The molecule has 0 aromatic heterocycles. The highest BCUT2D eigenvalue weighted by Gasteiger charge is 2.59. The number of ether oxygens (including phenoxy) is 2. The van der Waals surface area contributed by atoms with Gasteiger partial charge in [0.1, 0.15) is 5.76 Å². The molecule has 0 saturated heterocycles. The molecule has 3 atom stereocenters. The molecular formula is C25H43F3N2O3. The standard InChI is InChI=1S/C25H43F3N2O3/c1-9-30(7)16-29-20-11-21(32-8)19(10-17(20)2)24(31,25(26,27)28)15-33-18-12-22(3,4)14-23(5,6)13-18/h16-18,20,31H,9-15H2,1-8H3. The maximum Gasteiger partial charge on any atom is 0.423 e. The third-order valence-corrected chi connectivity index (χ3v) is 7.13. The highest BCUT2D eigenvalue weighted by atomic mass is 19.4. The largest absolute Gasteiger partial charge is 0.501 e. The molecule has 0 aliphatic heterocycles. The van der Waals surface area contributed by atoms with Crippen molar-refractivity contribution in [3.63, 3.8) is 0 Å². The van der Waals surface area contributed by atoms with E-state index in [1.54, 1.807) is 6.34 Å². The van der Waals surface area contributed by atoms with Gasteiger partial charge in [-0.05, 0) is 49.4 Å². The Hall–Kier alpha value is -1.28. The van der Waals surface area contributed by atoms with Gasteiger partial charge < -0.3 is 19.5 Å². The van der Waals surface area contributed by atoms with Crippen molar-refractivity contribution < 1.29 is 27.8 Å². The Kier molecular flexibility index (Phi) is 8.59. The zero-order valence-corrected chi connectivity index (χ0v) is 21.6. The van der Waals surface area contributed by atoms with E-state index < -0.39 is 18.4 Å². The van der Waals surface area contributed by atoms with E-state index in [0.29, 0.717) is 12.8 Å². The topological polar surface area (TPSA) is 54.3 Å². The lowest BCUT2D eigenvalue weighted by molar-refractivity contribution is -0.267. The number of hydrogen-bond acceptors (Lipinski definition) is 4. The Labute approximate surface area is 197 Å². The molecule has 0 aromatic rings. The Morgan fingerprint density at radius 1 is 1.15 bits per heavy atom. The summed E-state index contributed by atoms with van der Waals surface area (Å²) in [6, 6.07) is -0.212. The Balaban J connectivity index is 2.30. The number of methoxy groups -OCH3 is 1. The quantitative estimate of drug-likeness (QED) is 0.367. The van der Waals surface area contributed by atoms with Crippen LogP contribution in [0, 0.1) is 16.7 Å². The van der Waals surface area contributed by atoms with Gasteiger partial charge in [-0.25, -0.2) is 0 Å². The van der Waals surface area contributed by atoms with E-state index >= 15 is 0 Å². The van der Waals surface area contributed by atoms with E-state index in [1.165, 1.54) is 7.11 Å². The minimum atomic E-state index is -4.88. The lowest BCUT2D eigenvalue weighted by Crippen LogP contribution is -2.54. The molecule has 192 valence electrons.